The summed E-state index contributed by atoms with van der Waals surface area (Å²) in [6, 6.07) is 16.8. The Bertz CT molecular complexity index is 1970. The van der Waals surface area contributed by atoms with Crippen molar-refractivity contribution in [1.29, 1.82) is 0 Å². The van der Waals surface area contributed by atoms with Crippen LogP contribution < -0.4 is 20.7 Å². The SMILES string of the molecule is COC(=O)NC(C(=O)Nc1cncc(F)c1CC[C@H]1CNCCN1S(=O)(=O)c1ccccc1)C(c1ccc(Cl)cc1)c1cccc(OC(F)(F)F)c1. The predicted molar refractivity (Wildman–Crippen MR) is 184 cm³/mol. The highest BCUT2D eigenvalue weighted by Gasteiger charge is 2.37. The first-order valence-electron chi connectivity index (χ1n) is 15.9. The number of carbonyl (C=O) groups excluding carboxylic acids is 2. The Hall–Kier alpha value is -4.77. The number of sulfonamides is 1. The highest BCUT2D eigenvalue weighted by molar-refractivity contribution is 7.89. The number of rotatable bonds is 12. The van der Waals surface area contributed by atoms with Gasteiger partial charge in [0.1, 0.15) is 17.6 Å². The third-order valence-electron chi connectivity index (χ3n) is 8.39. The third kappa shape index (κ3) is 9.56. The summed E-state index contributed by atoms with van der Waals surface area (Å²) in [4.78, 5) is 30.8. The molecule has 0 aliphatic carbocycles. The van der Waals surface area contributed by atoms with E-state index in [1.165, 1.54) is 59.0 Å². The maximum absolute atomic E-state index is 15.5. The molecule has 11 nitrogen and oxygen atoms in total. The van der Waals surface area contributed by atoms with Crippen LogP contribution in [-0.4, -0.2) is 74.9 Å². The number of methoxy groups -OCH3 is 1. The summed E-state index contributed by atoms with van der Waals surface area (Å²) < 4.78 is 92.2. The lowest BCUT2D eigenvalue weighted by Gasteiger charge is -2.35. The molecule has 1 saturated heterocycles. The maximum atomic E-state index is 15.5. The van der Waals surface area contributed by atoms with Crippen LogP contribution in [0.5, 0.6) is 5.75 Å². The first-order valence-corrected chi connectivity index (χ1v) is 17.7. The van der Waals surface area contributed by atoms with E-state index in [0.29, 0.717) is 23.7 Å². The number of aromatic nitrogens is 1. The van der Waals surface area contributed by atoms with E-state index in [1.54, 1.807) is 18.2 Å². The second kappa shape index (κ2) is 16.7. The number of benzene rings is 3. The van der Waals surface area contributed by atoms with Crippen molar-refractivity contribution in [2.45, 2.75) is 42.1 Å². The van der Waals surface area contributed by atoms with Gasteiger partial charge < -0.3 is 25.4 Å². The predicted octanol–water partition coefficient (Wildman–Crippen LogP) is 5.86. The minimum atomic E-state index is -5.01. The molecule has 0 spiro atoms. The molecule has 1 fully saturated rings. The average molecular weight is 764 g/mol. The van der Waals surface area contributed by atoms with Crippen molar-refractivity contribution in [1.82, 2.24) is 19.9 Å². The van der Waals surface area contributed by atoms with Gasteiger partial charge in [-0.15, -0.1) is 13.2 Å². The lowest BCUT2D eigenvalue weighted by molar-refractivity contribution is -0.274. The summed E-state index contributed by atoms with van der Waals surface area (Å²) in [7, 11) is -2.81. The molecule has 2 unspecified atom stereocenters. The van der Waals surface area contributed by atoms with Gasteiger partial charge in [-0.2, -0.15) is 4.31 Å². The summed E-state index contributed by atoms with van der Waals surface area (Å²) in [6.45, 7) is 0.903. The van der Waals surface area contributed by atoms with Crippen LogP contribution in [0.2, 0.25) is 5.02 Å². The molecular formula is C35H34ClF4N5O6S. The van der Waals surface area contributed by atoms with E-state index in [2.05, 4.69) is 25.7 Å². The van der Waals surface area contributed by atoms with Crippen molar-refractivity contribution < 1.29 is 45.0 Å². The van der Waals surface area contributed by atoms with E-state index < -0.39 is 58.0 Å². The molecule has 2 amide bonds. The molecule has 3 N–H and O–H groups in total. The zero-order valence-electron chi connectivity index (χ0n) is 27.6. The Kier molecular flexibility index (Phi) is 12.4. The van der Waals surface area contributed by atoms with E-state index in [1.807, 2.05) is 0 Å². The lowest BCUT2D eigenvalue weighted by Crippen LogP contribution is -2.53. The van der Waals surface area contributed by atoms with E-state index in [4.69, 9.17) is 16.3 Å². The number of anilines is 1. The zero-order valence-corrected chi connectivity index (χ0v) is 29.1. The fourth-order valence-electron chi connectivity index (χ4n) is 6.02. The zero-order chi connectivity index (χ0) is 37.5. The number of halogens is 5. The standard InChI is InChI=1S/C35H34ClF4N5O6S/c1-50-34(47)44-32(31(22-10-12-24(36)13-11-22)23-6-5-7-26(18-23)51-35(38,39)40)33(46)43-30-21-42-20-29(37)28(30)15-14-25-19-41-16-17-45(25)52(48,49)27-8-3-2-4-9-27/h2-13,18,20-21,25,31-32,41H,14-17,19H2,1H3,(H,43,46)(H,44,47)/t25-,31?,32?/m0/s1. The van der Waals surface area contributed by atoms with E-state index in [0.717, 1.165) is 25.4 Å². The van der Waals surface area contributed by atoms with Gasteiger partial charge in [-0.1, -0.05) is 54.1 Å². The normalized spacial score (nSPS) is 16.4. The Morgan fingerprint density at radius 1 is 1.04 bits per heavy atom. The molecule has 3 aromatic carbocycles. The summed E-state index contributed by atoms with van der Waals surface area (Å²) in [5, 5.41) is 8.59. The highest BCUT2D eigenvalue weighted by Crippen LogP contribution is 2.34. The average Bonchev–Trinajstić information content (AvgIpc) is 3.11. The van der Waals surface area contributed by atoms with Gasteiger partial charge in [-0.05, 0) is 60.4 Å². The van der Waals surface area contributed by atoms with Gasteiger partial charge in [0.25, 0.3) is 0 Å². The van der Waals surface area contributed by atoms with Crippen molar-refractivity contribution in [2.24, 2.45) is 0 Å². The quantitative estimate of drug-likeness (QED) is 0.153. The minimum absolute atomic E-state index is 0.0198. The Morgan fingerprint density at radius 3 is 2.46 bits per heavy atom. The Labute approximate surface area is 302 Å². The van der Waals surface area contributed by atoms with E-state index in [-0.39, 0.29) is 41.1 Å². The van der Waals surface area contributed by atoms with E-state index in [9.17, 15) is 31.2 Å². The molecule has 276 valence electrons. The van der Waals surface area contributed by atoms with Crippen LogP contribution in [0.15, 0.2) is 96.2 Å². The van der Waals surface area contributed by atoms with Gasteiger partial charge >= 0.3 is 12.5 Å². The van der Waals surface area contributed by atoms with Crippen LogP contribution in [0.3, 0.4) is 0 Å². The Balaban J connectivity index is 1.47. The second-order valence-corrected chi connectivity index (χ2v) is 14.1. The number of nitrogens with zero attached hydrogens (tertiary/aromatic N) is 2. The summed E-state index contributed by atoms with van der Waals surface area (Å²) >= 11 is 6.10. The maximum Gasteiger partial charge on any atom is 0.573 e. The fraction of sp³-hybridized carbons (Fsp3) is 0.286. The number of hydrogen-bond acceptors (Lipinski definition) is 8. The molecule has 0 saturated carbocycles. The molecular weight excluding hydrogens is 730 g/mol. The highest BCUT2D eigenvalue weighted by atomic mass is 35.5. The van der Waals surface area contributed by atoms with Gasteiger partial charge in [0.15, 0.2) is 0 Å². The topological polar surface area (TPSA) is 139 Å². The minimum Gasteiger partial charge on any atom is -0.453 e. The third-order valence-corrected chi connectivity index (χ3v) is 10.6. The molecule has 52 heavy (non-hydrogen) atoms. The molecule has 2 heterocycles. The lowest BCUT2D eigenvalue weighted by atomic mass is 9.84. The van der Waals surface area contributed by atoms with Gasteiger partial charge in [0.2, 0.25) is 15.9 Å². The molecule has 1 aliphatic heterocycles. The summed E-state index contributed by atoms with van der Waals surface area (Å²) in [5.74, 6) is -3.39. The summed E-state index contributed by atoms with van der Waals surface area (Å²) in [6.07, 6.45) is -3.75. The number of alkyl carbamates (subject to hydrolysis) is 1. The number of hydrogen-bond donors (Lipinski definition) is 3. The van der Waals surface area contributed by atoms with Crippen LogP contribution in [0.4, 0.5) is 28.0 Å². The van der Waals surface area contributed by atoms with Crippen LogP contribution >= 0.6 is 11.6 Å². The van der Waals surface area contributed by atoms with Gasteiger partial charge in [-0.25, -0.2) is 17.6 Å². The van der Waals surface area contributed by atoms with Crippen molar-refractivity contribution in [3.05, 3.63) is 119 Å². The smallest absolute Gasteiger partial charge is 0.453 e. The summed E-state index contributed by atoms with van der Waals surface area (Å²) in [5.41, 5.74) is 0.466. The first kappa shape index (κ1) is 38.5. The van der Waals surface area contributed by atoms with E-state index >= 15 is 4.39 Å². The van der Waals surface area contributed by atoms with Crippen LogP contribution in [0.1, 0.15) is 29.0 Å². The van der Waals surface area contributed by atoms with Crippen molar-refractivity contribution in [3.8, 4) is 5.75 Å². The molecule has 17 heteroatoms. The first-order chi connectivity index (χ1) is 24.8. The number of ether oxygens (including phenoxy) is 2. The number of pyridine rings is 1. The fourth-order valence-corrected chi connectivity index (χ4v) is 7.82. The van der Waals surface area contributed by atoms with Gasteiger partial charge in [0, 0.05) is 42.2 Å². The monoisotopic (exact) mass is 763 g/mol. The van der Waals surface area contributed by atoms with Crippen LogP contribution in [0.25, 0.3) is 0 Å². The number of alkyl halides is 3. The van der Waals surface area contributed by atoms with Crippen LogP contribution in [-0.2, 0) is 26.0 Å². The Morgan fingerprint density at radius 2 is 1.77 bits per heavy atom. The molecule has 0 radical (unpaired) electrons. The molecule has 4 aromatic rings. The van der Waals surface area contributed by atoms with Crippen LogP contribution in [0, 0.1) is 5.82 Å². The van der Waals surface area contributed by atoms with Crippen molar-refractivity contribution in [2.75, 3.05) is 32.1 Å². The number of nitrogens with one attached hydrogen (secondary N) is 3. The number of piperazine rings is 1. The molecule has 1 aliphatic rings. The second-order valence-electron chi connectivity index (χ2n) is 11.7. The number of carbonyl (C=O) groups is 2. The van der Waals surface area contributed by atoms with Crippen molar-refractivity contribution >= 4 is 39.3 Å². The molecule has 1 aromatic heterocycles. The van der Waals surface area contributed by atoms with Gasteiger partial charge in [-0.3, -0.25) is 9.78 Å². The molecule has 3 atom stereocenters. The number of amides is 2. The largest absolute Gasteiger partial charge is 0.573 e. The molecule has 5 rings (SSSR count). The molecule has 0 bridgehead atoms. The van der Waals surface area contributed by atoms with Crippen molar-refractivity contribution in [3.63, 3.8) is 0 Å². The van der Waals surface area contributed by atoms with Gasteiger partial charge in [0.05, 0.1) is 30.1 Å².